The number of hydrogen-bond donors (Lipinski definition) is 0. The Labute approximate surface area is 198 Å². The van der Waals surface area contributed by atoms with Crippen molar-refractivity contribution < 1.29 is 4.79 Å². The van der Waals surface area contributed by atoms with Crippen molar-refractivity contribution in [2.75, 3.05) is 10.7 Å². The first-order valence-electron chi connectivity index (χ1n) is 11.6. The molecule has 33 heavy (non-hydrogen) atoms. The summed E-state index contributed by atoms with van der Waals surface area (Å²) in [6, 6.07) is 25.0. The molecule has 0 N–H and O–H groups in total. The Balaban J connectivity index is 1.34. The number of benzene rings is 3. The molecule has 6 heteroatoms. The normalized spacial score (nSPS) is 14.5. The molecule has 0 radical (unpaired) electrons. The molecule has 1 aromatic heterocycles. The Morgan fingerprint density at radius 3 is 2.45 bits per heavy atom. The average molecular weight is 457 g/mol. The number of rotatable bonds is 6. The second-order valence-electron chi connectivity index (χ2n) is 8.61. The summed E-state index contributed by atoms with van der Waals surface area (Å²) < 4.78 is 1.98. The number of thioether (sulfide) groups is 1. The molecule has 1 aliphatic rings. The van der Waals surface area contributed by atoms with E-state index >= 15 is 0 Å². The van der Waals surface area contributed by atoms with E-state index in [-0.39, 0.29) is 11.9 Å². The van der Waals surface area contributed by atoms with Gasteiger partial charge in [0.15, 0.2) is 11.0 Å². The molecular weight excluding hydrogens is 428 g/mol. The number of fused-ring (bicyclic) bond motifs is 1. The van der Waals surface area contributed by atoms with Gasteiger partial charge in [0.25, 0.3) is 0 Å². The molecule has 0 unspecified atom stereocenters. The molecule has 3 aromatic carbocycles. The van der Waals surface area contributed by atoms with Crippen LogP contribution in [0.1, 0.15) is 32.1 Å². The number of amides is 1. The van der Waals surface area contributed by atoms with E-state index in [1.807, 2.05) is 59.0 Å². The number of carbonyl (C=O) groups is 1. The number of anilines is 1. The standard InChI is InChI=1S/C27H28N4OS/c1-30-26(22-17-16-20-10-8-9-11-21(20)18-22)28-29-27(30)33-19-25(32)31(23-12-4-2-5-13-23)24-14-6-3-7-15-24/h2,4-5,8-13,16-18,24H,3,6-7,14-15,19H2,1H3. The summed E-state index contributed by atoms with van der Waals surface area (Å²) in [5.41, 5.74) is 2.01. The van der Waals surface area contributed by atoms with E-state index in [2.05, 4.69) is 40.5 Å². The highest BCUT2D eigenvalue weighted by Crippen LogP contribution is 2.30. The van der Waals surface area contributed by atoms with Gasteiger partial charge in [0, 0.05) is 24.3 Å². The highest BCUT2D eigenvalue weighted by Gasteiger charge is 2.27. The Hall–Kier alpha value is -3.12. The van der Waals surface area contributed by atoms with E-state index in [9.17, 15) is 4.79 Å². The van der Waals surface area contributed by atoms with Crippen LogP contribution >= 0.6 is 11.8 Å². The Kier molecular flexibility index (Phi) is 6.44. The molecule has 0 aliphatic heterocycles. The van der Waals surface area contributed by atoms with Crippen LogP contribution in [0.25, 0.3) is 22.2 Å². The van der Waals surface area contributed by atoms with Gasteiger partial charge in [-0.25, -0.2) is 0 Å². The maximum atomic E-state index is 13.4. The van der Waals surface area contributed by atoms with Gasteiger partial charge < -0.3 is 9.47 Å². The van der Waals surface area contributed by atoms with Crippen molar-refractivity contribution in [3.05, 3.63) is 72.8 Å². The molecular formula is C27H28N4OS. The van der Waals surface area contributed by atoms with E-state index in [0.29, 0.717) is 5.75 Å². The second-order valence-corrected chi connectivity index (χ2v) is 9.55. The quantitative estimate of drug-likeness (QED) is 0.329. The van der Waals surface area contributed by atoms with Gasteiger partial charge in [-0.2, -0.15) is 0 Å². The maximum Gasteiger partial charge on any atom is 0.237 e. The fraction of sp³-hybridized carbons (Fsp3) is 0.296. The smallest absolute Gasteiger partial charge is 0.237 e. The SMILES string of the molecule is Cn1c(SCC(=O)N(c2ccccc2)C2CCCCC2)nnc1-c1ccc2ccccc2c1. The lowest BCUT2D eigenvalue weighted by Crippen LogP contribution is -2.42. The van der Waals surface area contributed by atoms with Crippen LogP contribution in [-0.2, 0) is 11.8 Å². The summed E-state index contributed by atoms with van der Waals surface area (Å²) in [7, 11) is 1.97. The van der Waals surface area contributed by atoms with Crippen LogP contribution in [0.3, 0.4) is 0 Å². The zero-order chi connectivity index (χ0) is 22.6. The highest BCUT2D eigenvalue weighted by molar-refractivity contribution is 7.99. The van der Waals surface area contributed by atoms with Gasteiger partial charge in [-0.1, -0.05) is 85.6 Å². The summed E-state index contributed by atoms with van der Waals surface area (Å²) >= 11 is 1.46. The third-order valence-electron chi connectivity index (χ3n) is 6.41. The van der Waals surface area contributed by atoms with E-state index in [1.54, 1.807) is 0 Å². The lowest BCUT2D eigenvalue weighted by Gasteiger charge is -2.34. The average Bonchev–Trinajstić information content (AvgIpc) is 3.24. The van der Waals surface area contributed by atoms with E-state index in [4.69, 9.17) is 0 Å². The molecule has 1 fully saturated rings. The second kappa shape index (κ2) is 9.79. The van der Waals surface area contributed by atoms with Gasteiger partial charge in [-0.05, 0) is 41.8 Å². The van der Waals surface area contributed by atoms with Gasteiger partial charge in [0.05, 0.1) is 5.75 Å². The van der Waals surface area contributed by atoms with Crippen LogP contribution in [0.5, 0.6) is 0 Å². The summed E-state index contributed by atoms with van der Waals surface area (Å²) in [4.78, 5) is 15.4. The van der Waals surface area contributed by atoms with Gasteiger partial charge in [-0.15, -0.1) is 10.2 Å². The van der Waals surface area contributed by atoms with Crippen molar-refractivity contribution in [3.63, 3.8) is 0 Å². The Bertz CT molecular complexity index is 1250. The molecule has 1 aliphatic carbocycles. The molecule has 168 valence electrons. The number of hydrogen-bond acceptors (Lipinski definition) is 4. The van der Waals surface area contributed by atoms with Crippen LogP contribution in [0, 0.1) is 0 Å². The summed E-state index contributed by atoms with van der Waals surface area (Å²) in [6.45, 7) is 0. The zero-order valence-electron chi connectivity index (χ0n) is 18.9. The minimum atomic E-state index is 0.133. The highest BCUT2D eigenvalue weighted by atomic mass is 32.2. The van der Waals surface area contributed by atoms with E-state index < -0.39 is 0 Å². The zero-order valence-corrected chi connectivity index (χ0v) is 19.7. The molecule has 0 saturated heterocycles. The fourth-order valence-electron chi connectivity index (χ4n) is 4.70. The molecule has 4 aromatic rings. The lowest BCUT2D eigenvalue weighted by molar-refractivity contribution is -0.116. The first kappa shape index (κ1) is 21.7. The summed E-state index contributed by atoms with van der Waals surface area (Å²) in [5.74, 6) is 1.28. The van der Waals surface area contributed by atoms with Crippen LogP contribution < -0.4 is 4.90 Å². The predicted octanol–water partition coefficient (Wildman–Crippen LogP) is 6.09. The number of para-hydroxylation sites is 1. The monoisotopic (exact) mass is 456 g/mol. The van der Waals surface area contributed by atoms with Crippen molar-refractivity contribution in [2.24, 2.45) is 7.05 Å². The molecule has 1 saturated carbocycles. The third kappa shape index (κ3) is 4.67. The van der Waals surface area contributed by atoms with Crippen molar-refractivity contribution in [2.45, 2.75) is 43.3 Å². The summed E-state index contributed by atoms with van der Waals surface area (Å²) in [6.07, 6.45) is 5.78. The van der Waals surface area contributed by atoms with E-state index in [0.717, 1.165) is 35.1 Å². The number of aromatic nitrogens is 3. The molecule has 1 amide bonds. The predicted molar refractivity (Wildman–Crippen MR) is 135 cm³/mol. The summed E-state index contributed by atoms with van der Waals surface area (Å²) in [5, 5.41) is 12.0. The van der Waals surface area contributed by atoms with Crippen LogP contribution in [0.15, 0.2) is 78.0 Å². The van der Waals surface area contributed by atoms with Crippen LogP contribution in [0.2, 0.25) is 0 Å². The number of carbonyl (C=O) groups excluding carboxylic acids is 1. The van der Waals surface area contributed by atoms with Gasteiger partial charge >= 0.3 is 0 Å². The van der Waals surface area contributed by atoms with Gasteiger partial charge in [0.1, 0.15) is 0 Å². The largest absolute Gasteiger partial charge is 0.309 e. The van der Waals surface area contributed by atoms with Crippen molar-refractivity contribution in [1.29, 1.82) is 0 Å². The molecule has 0 atom stereocenters. The molecule has 0 spiro atoms. The van der Waals surface area contributed by atoms with Crippen LogP contribution in [0.4, 0.5) is 5.69 Å². The first-order chi connectivity index (χ1) is 16.2. The minimum Gasteiger partial charge on any atom is -0.309 e. The van der Waals surface area contributed by atoms with Crippen molar-refractivity contribution in [1.82, 2.24) is 14.8 Å². The molecule has 5 nitrogen and oxygen atoms in total. The van der Waals surface area contributed by atoms with Crippen molar-refractivity contribution >= 4 is 34.1 Å². The first-order valence-corrected chi connectivity index (χ1v) is 12.6. The van der Waals surface area contributed by atoms with Gasteiger partial charge in [0.2, 0.25) is 5.91 Å². The molecule has 5 rings (SSSR count). The van der Waals surface area contributed by atoms with Gasteiger partial charge in [-0.3, -0.25) is 4.79 Å². The Morgan fingerprint density at radius 1 is 0.939 bits per heavy atom. The fourth-order valence-corrected chi connectivity index (χ4v) is 5.47. The van der Waals surface area contributed by atoms with Crippen LogP contribution in [-0.4, -0.2) is 32.5 Å². The lowest BCUT2D eigenvalue weighted by atomic mass is 9.93. The molecule has 1 heterocycles. The topological polar surface area (TPSA) is 51.0 Å². The minimum absolute atomic E-state index is 0.133. The third-order valence-corrected chi connectivity index (χ3v) is 7.42. The maximum absolute atomic E-state index is 13.4. The Morgan fingerprint density at radius 2 is 1.67 bits per heavy atom. The van der Waals surface area contributed by atoms with Crippen molar-refractivity contribution in [3.8, 4) is 11.4 Å². The van der Waals surface area contributed by atoms with E-state index in [1.165, 1.54) is 41.8 Å². The molecule has 0 bridgehead atoms. The number of nitrogens with zero attached hydrogens (tertiary/aromatic N) is 4.